The number of hydrogen-bond acceptors (Lipinski definition) is 4. The maximum atomic E-state index is 13.0. The molecule has 7 heteroatoms. The van der Waals surface area contributed by atoms with Crippen LogP contribution in [0, 0.1) is 0 Å². The van der Waals surface area contributed by atoms with Gasteiger partial charge in [0.2, 0.25) is 11.8 Å². The number of nitrogens with zero attached hydrogens (tertiary/aromatic N) is 1. The Morgan fingerprint density at radius 2 is 2.00 bits per heavy atom. The van der Waals surface area contributed by atoms with Gasteiger partial charge in [-0.05, 0) is 36.2 Å². The monoisotopic (exact) mass is 367 g/mol. The Kier molecular flexibility index (Phi) is 3.96. The first-order valence-corrected chi connectivity index (χ1v) is 9.11. The minimum absolute atomic E-state index is 0.0340. The molecular formula is C19H17N3O3S. The van der Waals surface area contributed by atoms with E-state index in [1.54, 1.807) is 23.1 Å². The van der Waals surface area contributed by atoms with Gasteiger partial charge in [0.05, 0.1) is 5.69 Å². The lowest BCUT2D eigenvalue weighted by atomic mass is 10.1. The molecule has 132 valence electrons. The highest BCUT2D eigenvalue weighted by Crippen LogP contribution is 2.55. The molecule has 0 radical (unpaired) electrons. The highest BCUT2D eigenvalue weighted by atomic mass is 32.2. The number of hydrogen-bond donors (Lipinski definition) is 2. The molecule has 1 unspecified atom stereocenters. The van der Waals surface area contributed by atoms with E-state index < -0.39 is 10.8 Å². The maximum Gasteiger partial charge on any atom is 0.257 e. The third-order valence-electron chi connectivity index (χ3n) is 4.69. The van der Waals surface area contributed by atoms with E-state index in [0.717, 1.165) is 16.1 Å². The van der Waals surface area contributed by atoms with Crippen molar-refractivity contribution >= 4 is 35.2 Å². The summed E-state index contributed by atoms with van der Waals surface area (Å²) in [6, 6.07) is 14.4. The molecule has 0 spiro atoms. The summed E-state index contributed by atoms with van der Waals surface area (Å²) < 4.78 is 0. The van der Waals surface area contributed by atoms with Crippen molar-refractivity contribution in [3.8, 4) is 0 Å². The fourth-order valence-electron chi connectivity index (χ4n) is 3.45. The number of nitrogens with one attached hydrogen (secondary N) is 1. The Hall–Kier alpha value is -2.80. The first-order valence-electron chi connectivity index (χ1n) is 8.29. The van der Waals surface area contributed by atoms with Crippen molar-refractivity contribution in [2.75, 3.05) is 4.90 Å². The van der Waals surface area contributed by atoms with E-state index in [9.17, 15) is 14.4 Å². The maximum absolute atomic E-state index is 13.0. The Morgan fingerprint density at radius 1 is 1.19 bits per heavy atom. The van der Waals surface area contributed by atoms with Crippen molar-refractivity contribution in [3.63, 3.8) is 0 Å². The van der Waals surface area contributed by atoms with Crippen LogP contribution < -0.4 is 16.0 Å². The number of amides is 3. The van der Waals surface area contributed by atoms with Crippen molar-refractivity contribution < 1.29 is 14.4 Å². The van der Waals surface area contributed by atoms with Gasteiger partial charge in [-0.2, -0.15) is 0 Å². The molecule has 2 aliphatic heterocycles. The number of nitrogens with two attached hydrogens (primary N) is 1. The van der Waals surface area contributed by atoms with Crippen LogP contribution in [0.2, 0.25) is 0 Å². The van der Waals surface area contributed by atoms with Crippen LogP contribution in [0.3, 0.4) is 0 Å². The van der Waals surface area contributed by atoms with Crippen molar-refractivity contribution in [2.45, 2.75) is 29.2 Å². The van der Waals surface area contributed by atoms with E-state index in [2.05, 4.69) is 5.32 Å². The second-order valence-corrected chi connectivity index (χ2v) is 7.65. The summed E-state index contributed by atoms with van der Waals surface area (Å²) in [5.74, 6) is -0.742. The molecular weight excluding hydrogens is 350 g/mol. The molecule has 1 saturated heterocycles. The molecule has 3 N–H and O–H groups in total. The highest BCUT2D eigenvalue weighted by Gasteiger charge is 2.57. The normalized spacial score (nSPS) is 20.6. The molecule has 2 aromatic carbocycles. The predicted molar refractivity (Wildman–Crippen MR) is 98.6 cm³/mol. The zero-order valence-corrected chi connectivity index (χ0v) is 14.7. The number of carbonyl (C=O) groups is 3. The topological polar surface area (TPSA) is 92.5 Å². The second kappa shape index (κ2) is 6.17. The number of rotatable bonds is 4. The molecule has 2 heterocycles. The third kappa shape index (κ3) is 2.55. The molecule has 1 fully saturated rings. The molecule has 3 amide bonds. The summed E-state index contributed by atoms with van der Waals surface area (Å²) in [5.41, 5.74) is 7.27. The number of fused-ring (bicyclic) bond motifs is 3. The van der Waals surface area contributed by atoms with Crippen LogP contribution in [0.4, 0.5) is 5.69 Å². The number of para-hydroxylation sites is 1. The van der Waals surface area contributed by atoms with Crippen LogP contribution in [0.5, 0.6) is 0 Å². The summed E-state index contributed by atoms with van der Waals surface area (Å²) in [6.07, 6.45) is 0.824. The van der Waals surface area contributed by atoms with Crippen molar-refractivity contribution in [1.82, 2.24) is 5.32 Å². The van der Waals surface area contributed by atoms with Gasteiger partial charge < -0.3 is 11.1 Å². The summed E-state index contributed by atoms with van der Waals surface area (Å²) in [5, 5.41) is 2.92. The van der Waals surface area contributed by atoms with E-state index >= 15 is 0 Å². The Morgan fingerprint density at radius 3 is 2.81 bits per heavy atom. The molecule has 2 aromatic rings. The summed E-state index contributed by atoms with van der Waals surface area (Å²) >= 11 is 1.43. The number of primary amides is 1. The van der Waals surface area contributed by atoms with Gasteiger partial charge >= 0.3 is 0 Å². The average molecular weight is 367 g/mol. The Labute approximate surface area is 154 Å². The van der Waals surface area contributed by atoms with Gasteiger partial charge in [0.15, 0.2) is 4.87 Å². The average Bonchev–Trinajstić information content (AvgIpc) is 3.16. The fourth-order valence-corrected chi connectivity index (χ4v) is 4.89. The van der Waals surface area contributed by atoms with Crippen molar-refractivity contribution in [2.24, 2.45) is 5.73 Å². The van der Waals surface area contributed by atoms with Crippen LogP contribution in [0.25, 0.3) is 0 Å². The van der Waals surface area contributed by atoms with Crippen LogP contribution in [-0.2, 0) is 16.1 Å². The lowest BCUT2D eigenvalue weighted by Gasteiger charge is -2.29. The number of anilines is 1. The minimum Gasteiger partial charge on any atom is -0.366 e. The lowest BCUT2D eigenvalue weighted by Crippen LogP contribution is -2.52. The van der Waals surface area contributed by atoms with Gasteiger partial charge in [-0.3, -0.25) is 19.3 Å². The molecule has 2 aliphatic rings. The molecule has 4 rings (SSSR count). The second-order valence-electron chi connectivity index (χ2n) is 6.33. The largest absolute Gasteiger partial charge is 0.366 e. The molecule has 1 atom stereocenters. The van der Waals surface area contributed by atoms with E-state index in [1.165, 1.54) is 11.8 Å². The smallest absolute Gasteiger partial charge is 0.257 e. The number of benzene rings is 2. The Bertz CT molecular complexity index is 930. The van der Waals surface area contributed by atoms with Gasteiger partial charge in [0.1, 0.15) is 0 Å². The summed E-state index contributed by atoms with van der Waals surface area (Å²) in [4.78, 5) is 38.4. The van der Waals surface area contributed by atoms with Crippen LogP contribution in [-0.4, -0.2) is 22.6 Å². The quantitative estimate of drug-likeness (QED) is 0.865. The summed E-state index contributed by atoms with van der Waals surface area (Å²) in [6.45, 7) is 0.265. The van der Waals surface area contributed by atoms with Gasteiger partial charge in [-0.15, -0.1) is 0 Å². The van der Waals surface area contributed by atoms with Crippen LogP contribution in [0.1, 0.15) is 28.8 Å². The van der Waals surface area contributed by atoms with E-state index in [4.69, 9.17) is 5.73 Å². The molecule has 0 bridgehead atoms. The molecule has 6 nitrogen and oxygen atoms in total. The lowest BCUT2D eigenvalue weighted by molar-refractivity contribution is -0.124. The first-order chi connectivity index (χ1) is 12.5. The highest BCUT2D eigenvalue weighted by molar-refractivity contribution is 8.02. The van der Waals surface area contributed by atoms with Gasteiger partial charge in [-0.1, -0.05) is 36.0 Å². The third-order valence-corrected chi connectivity index (χ3v) is 6.17. The fraction of sp³-hybridized carbons (Fsp3) is 0.211. The summed E-state index contributed by atoms with van der Waals surface area (Å²) in [7, 11) is 0. The molecule has 26 heavy (non-hydrogen) atoms. The van der Waals surface area contributed by atoms with Crippen LogP contribution in [0.15, 0.2) is 53.4 Å². The number of carbonyl (C=O) groups excluding carboxylic acids is 3. The number of thioether (sulfide) groups is 1. The van der Waals surface area contributed by atoms with Gasteiger partial charge in [0.25, 0.3) is 5.91 Å². The molecule has 0 aromatic heterocycles. The zero-order chi connectivity index (χ0) is 18.3. The van der Waals surface area contributed by atoms with Gasteiger partial charge in [-0.25, -0.2) is 0 Å². The van der Waals surface area contributed by atoms with Crippen molar-refractivity contribution in [3.05, 3.63) is 59.7 Å². The van der Waals surface area contributed by atoms with E-state index in [-0.39, 0.29) is 18.4 Å². The molecule has 0 saturated carbocycles. The predicted octanol–water partition coefficient (Wildman–Crippen LogP) is 2.03. The zero-order valence-electron chi connectivity index (χ0n) is 13.9. The minimum atomic E-state index is -0.929. The van der Waals surface area contributed by atoms with E-state index in [1.807, 2.05) is 30.3 Å². The van der Waals surface area contributed by atoms with E-state index in [0.29, 0.717) is 18.4 Å². The van der Waals surface area contributed by atoms with Gasteiger partial charge in [0, 0.05) is 23.4 Å². The van der Waals surface area contributed by atoms with Crippen molar-refractivity contribution in [1.29, 1.82) is 0 Å². The Balaban J connectivity index is 1.56. The molecule has 0 aliphatic carbocycles. The standard InChI is InChI=1S/C19H17N3O3S/c20-17(24)13-5-3-4-12(10-13)11-21-18(25)19-9-8-16(23)22(19)14-6-1-2-7-15(14)26-19/h1-7,10H,8-9,11H2,(H2,20,24)(H,21,25). The first kappa shape index (κ1) is 16.7. The van der Waals surface area contributed by atoms with Crippen LogP contribution >= 0.6 is 11.8 Å². The SMILES string of the molecule is NC(=O)c1cccc(CNC(=O)C23CCC(=O)N2c2ccccc2S3)c1.